The third-order valence-electron chi connectivity index (χ3n) is 7.65. The first-order valence-corrected chi connectivity index (χ1v) is 14.1. The van der Waals surface area contributed by atoms with Crippen LogP contribution in [0.1, 0.15) is 33.9 Å². The van der Waals surface area contributed by atoms with Crippen LogP contribution in [-0.2, 0) is 9.53 Å². The van der Waals surface area contributed by atoms with E-state index in [0.29, 0.717) is 55.6 Å². The number of hydrogen-bond acceptors (Lipinski definition) is 7. The van der Waals surface area contributed by atoms with Crippen LogP contribution in [0.15, 0.2) is 71.8 Å². The van der Waals surface area contributed by atoms with Crippen LogP contribution >= 0.6 is 0 Å². The summed E-state index contributed by atoms with van der Waals surface area (Å²) in [5, 5.41) is 5.87. The number of benzene rings is 3. The number of nitrogens with zero attached hydrogens (tertiary/aromatic N) is 4. The summed E-state index contributed by atoms with van der Waals surface area (Å²) in [5.41, 5.74) is 1.26. The molecule has 3 aromatic carbocycles. The van der Waals surface area contributed by atoms with Gasteiger partial charge >= 0.3 is 0 Å². The molecule has 11 heteroatoms. The van der Waals surface area contributed by atoms with Crippen molar-refractivity contribution in [3.05, 3.63) is 95.1 Å². The van der Waals surface area contributed by atoms with Crippen LogP contribution in [0.4, 0.5) is 8.78 Å². The third kappa shape index (κ3) is 6.84. The average molecular weight is 593 g/mol. The Morgan fingerprint density at radius 1 is 0.953 bits per heavy atom. The van der Waals surface area contributed by atoms with Crippen LogP contribution in [-0.4, -0.2) is 92.5 Å². The first-order chi connectivity index (χ1) is 20.9. The number of rotatable bonds is 10. The summed E-state index contributed by atoms with van der Waals surface area (Å²) in [6.45, 7) is 2.87. The zero-order chi connectivity index (χ0) is 30.3. The highest BCUT2D eigenvalue weighted by Crippen LogP contribution is 2.37. The third-order valence-corrected chi connectivity index (χ3v) is 7.65. The van der Waals surface area contributed by atoms with E-state index >= 15 is 0 Å². The Hall–Kier alpha value is -4.35. The van der Waals surface area contributed by atoms with E-state index in [-0.39, 0.29) is 30.6 Å². The monoisotopic (exact) mass is 592 g/mol. The fourth-order valence-corrected chi connectivity index (χ4v) is 5.30. The number of amides is 2. The first-order valence-electron chi connectivity index (χ1n) is 14.1. The van der Waals surface area contributed by atoms with Gasteiger partial charge in [-0.25, -0.2) is 13.8 Å². The van der Waals surface area contributed by atoms with Crippen molar-refractivity contribution in [3.63, 3.8) is 0 Å². The quantitative estimate of drug-likeness (QED) is 0.352. The molecule has 0 aromatic heterocycles. The van der Waals surface area contributed by atoms with Gasteiger partial charge in [0.25, 0.3) is 11.8 Å². The molecule has 1 fully saturated rings. The molecule has 2 aliphatic heterocycles. The van der Waals surface area contributed by atoms with Crippen molar-refractivity contribution in [2.45, 2.75) is 12.5 Å². The molecule has 5 rings (SSSR count). The fourth-order valence-electron chi connectivity index (χ4n) is 5.30. The van der Waals surface area contributed by atoms with Crippen LogP contribution in [0.5, 0.6) is 11.5 Å². The Bertz CT molecular complexity index is 1490. The highest BCUT2D eigenvalue weighted by Gasteiger charge is 2.36. The number of hydrazone groups is 1. The summed E-state index contributed by atoms with van der Waals surface area (Å²) in [5.74, 6) is -1.22. The Morgan fingerprint density at radius 2 is 1.65 bits per heavy atom. The van der Waals surface area contributed by atoms with Crippen LogP contribution < -0.4 is 9.47 Å². The Labute approximate surface area is 249 Å². The van der Waals surface area contributed by atoms with E-state index in [1.165, 1.54) is 48.4 Å². The molecule has 1 atom stereocenters. The lowest BCUT2D eigenvalue weighted by Crippen LogP contribution is -2.46. The fraction of sp³-hybridized carbons (Fsp3) is 0.344. The number of carbonyl (C=O) groups is 2. The van der Waals surface area contributed by atoms with Crippen molar-refractivity contribution in [1.29, 1.82) is 0 Å². The number of hydrogen-bond donors (Lipinski definition) is 0. The van der Waals surface area contributed by atoms with E-state index in [9.17, 15) is 18.4 Å². The topological polar surface area (TPSA) is 83.9 Å². The van der Waals surface area contributed by atoms with Crippen molar-refractivity contribution >= 4 is 17.5 Å². The minimum absolute atomic E-state index is 0.120. The summed E-state index contributed by atoms with van der Waals surface area (Å²) >= 11 is 0. The number of morpholine rings is 1. The SMILES string of the molecule is COc1ccc([C@@H]2CC(c3ccccc3F)=NN2C(=O)CN(CCN2CCOCC2)C(=O)c2ccccc2F)cc1OC. The first kappa shape index (κ1) is 30.1. The molecule has 43 heavy (non-hydrogen) atoms. The Balaban J connectivity index is 1.46. The molecule has 0 saturated carbocycles. The summed E-state index contributed by atoms with van der Waals surface area (Å²) < 4.78 is 45.8. The molecule has 2 amide bonds. The summed E-state index contributed by atoms with van der Waals surface area (Å²) in [6, 6.07) is 16.6. The lowest BCUT2D eigenvalue weighted by atomic mass is 9.97. The van der Waals surface area contributed by atoms with Gasteiger partial charge in [0.1, 0.15) is 18.2 Å². The van der Waals surface area contributed by atoms with Crippen molar-refractivity contribution in [2.24, 2.45) is 5.10 Å². The number of carbonyl (C=O) groups excluding carboxylic acids is 2. The van der Waals surface area contributed by atoms with Gasteiger partial charge in [-0.2, -0.15) is 5.10 Å². The van der Waals surface area contributed by atoms with Gasteiger partial charge in [0, 0.05) is 38.2 Å². The van der Waals surface area contributed by atoms with Gasteiger partial charge in [-0.3, -0.25) is 14.5 Å². The second kappa shape index (κ2) is 13.7. The predicted molar refractivity (Wildman–Crippen MR) is 156 cm³/mol. The number of ether oxygens (including phenoxy) is 3. The molecular formula is C32H34F2N4O5. The minimum Gasteiger partial charge on any atom is -0.493 e. The molecule has 2 heterocycles. The van der Waals surface area contributed by atoms with Crippen molar-refractivity contribution in [1.82, 2.24) is 14.8 Å². The van der Waals surface area contributed by atoms with Crippen molar-refractivity contribution in [2.75, 3.05) is 60.2 Å². The normalized spacial score (nSPS) is 17.0. The molecule has 0 N–H and O–H groups in total. The van der Waals surface area contributed by atoms with Gasteiger partial charge in [0.15, 0.2) is 11.5 Å². The zero-order valence-electron chi connectivity index (χ0n) is 24.2. The average Bonchev–Trinajstić information content (AvgIpc) is 3.48. The van der Waals surface area contributed by atoms with Crippen LogP contribution in [0.3, 0.4) is 0 Å². The lowest BCUT2D eigenvalue weighted by Gasteiger charge is -2.31. The van der Waals surface area contributed by atoms with Crippen molar-refractivity contribution in [3.8, 4) is 11.5 Å². The summed E-state index contributed by atoms with van der Waals surface area (Å²) in [6.07, 6.45) is 0.233. The maximum atomic E-state index is 14.8. The van der Waals surface area contributed by atoms with Crippen molar-refractivity contribution < 1.29 is 32.6 Å². The molecule has 2 aliphatic rings. The molecule has 0 radical (unpaired) electrons. The maximum Gasteiger partial charge on any atom is 0.262 e. The predicted octanol–water partition coefficient (Wildman–Crippen LogP) is 4.13. The Kier molecular flexibility index (Phi) is 9.63. The molecular weight excluding hydrogens is 558 g/mol. The van der Waals surface area contributed by atoms with Crippen LogP contribution in [0, 0.1) is 11.6 Å². The van der Waals surface area contributed by atoms with Crippen LogP contribution in [0.25, 0.3) is 0 Å². The van der Waals surface area contributed by atoms with Gasteiger partial charge < -0.3 is 19.1 Å². The molecule has 0 spiro atoms. The molecule has 226 valence electrons. The highest BCUT2D eigenvalue weighted by molar-refractivity contribution is 6.04. The lowest BCUT2D eigenvalue weighted by molar-refractivity contribution is -0.133. The van der Waals surface area contributed by atoms with Gasteiger partial charge in [-0.05, 0) is 35.9 Å². The summed E-state index contributed by atoms with van der Waals surface area (Å²) in [4.78, 5) is 31.1. The Morgan fingerprint density at radius 3 is 2.35 bits per heavy atom. The standard InChI is InChI=1S/C32H34F2N4O5/c1-41-29-12-11-22(19-30(29)42-2)28-20-27(23-7-3-5-9-25(23)33)35-38(28)31(39)21-37(14-13-36-15-17-43-18-16-36)32(40)24-8-4-6-10-26(24)34/h3-12,19,28H,13-18,20-21H2,1-2H3/t28-/m0/s1. The van der Waals surface area contributed by atoms with Crippen LogP contribution in [0.2, 0.25) is 0 Å². The molecule has 0 unspecified atom stereocenters. The second-order valence-corrected chi connectivity index (χ2v) is 10.3. The molecule has 1 saturated heterocycles. The van der Waals surface area contributed by atoms with Gasteiger partial charge in [-0.1, -0.05) is 36.4 Å². The maximum absolute atomic E-state index is 14.8. The highest BCUT2D eigenvalue weighted by atomic mass is 19.1. The van der Waals surface area contributed by atoms with Gasteiger partial charge in [-0.15, -0.1) is 0 Å². The zero-order valence-corrected chi connectivity index (χ0v) is 24.2. The van der Waals surface area contributed by atoms with E-state index < -0.39 is 29.5 Å². The van der Waals surface area contributed by atoms with E-state index in [1.807, 2.05) is 0 Å². The largest absolute Gasteiger partial charge is 0.493 e. The smallest absolute Gasteiger partial charge is 0.262 e. The van der Waals surface area contributed by atoms with Gasteiger partial charge in [0.05, 0.1) is 44.8 Å². The molecule has 9 nitrogen and oxygen atoms in total. The minimum atomic E-state index is -0.666. The van der Waals surface area contributed by atoms with E-state index in [2.05, 4.69) is 10.0 Å². The molecule has 0 aliphatic carbocycles. The number of halogens is 2. The van der Waals surface area contributed by atoms with Gasteiger partial charge in [0.2, 0.25) is 0 Å². The van der Waals surface area contributed by atoms with E-state index in [4.69, 9.17) is 14.2 Å². The molecule has 0 bridgehead atoms. The number of methoxy groups -OCH3 is 2. The van der Waals surface area contributed by atoms with E-state index in [0.717, 1.165) is 0 Å². The summed E-state index contributed by atoms with van der Waals surface area (Å²) in [7, 11) is 3.04. The second-order valence-electron chi connectivity index (χ2n) is 10.3. The van der Waals surface area contributed by atoms with E-state index in [1.54, 1.807) is 42.5 Å². The molecule has 3 aromatic rings.